The summed E-state index contributed by atoms with van der Waals surface area (Å²) in [6.45, 7) is 4.67. The van der Waals surface area contributed by atoms with Crippen LogP contribution in [0.1, 0.15) is 116 Å². The molecule has 0 fully saturated rings. The number of unbranched alkanes of at least 4 members (excludes halogenated alkanes) is 13. The molecule has 143 valence electrons. The zero-order valence-electron chi connectivity index (χ0n) is 17.1. The molecule has 1 rings (SSSR count). The summed E-state index contributed by atoms with van der Waals surface area (Å²) in [4.78, 5) is 0. The summed E-state index contributed by atoms with van der Waals surface area (Å²) in [5.41, 5.74) is 1.38. The van der Waals surface area contributed by atoms with E-state index in [2.05, 4.69) is 50.6 Å². The second-order valence-corrected chi connectivity index (χ2v) is 8.18. The van der Waals surface area contributed by atoms with Crippen LogP contribution in [-0.2, 0) is 0 Å². The minimum absolute atomic E-state index is 0.891. The molecule has 0 unspecified atom stereocenters. The third-order valence-corrected chi connectivity index (χ3v) is 5.17. The van der Waals surface area contributed by atoms with E-state index in [-0.39, 0.29) is 0 Å². The highest BCUT2D eigenvalue weighted by molar-refractivity contribution is 5.21. The van der Waals surface area contributed by atoms with Crippen LogP contribution in [-0.4, -0.2) is 0 Å². The van der Waals surface area contributed by atoms with Crippen molar-refractivity contribution in [1.29, 1.82) is 0 Å². The normalized spacial score (nSPS) is 11.3. The Hall–Kier alpha value is -0.780. The fourth-order valence-electron chi connectivity index (χ4n) is 3.50. The molecule has 0 heterocycles. The lowest BCUT2D eigenvalue weighted by atomic mass is 10.0. The summed E-state index contributed by atoms with van der Waals surface area (Å²) >= 11 is 0. The summed E-state index contributed by atoms with van der Waals surface area (Å²) in [5.74, 6) is 0.891. The highest BCUT2D eigenvalue weighted by Crippen LogP contribution is 2.15. The molecule has 0 heteroatoms. The van der Waals surface area contributed by atoms with E-state index in [0.717, 1.165) is 5.92 Å². The lowest BCUT2D eigenvalue weighted by molar-refractivity contribution is 0.502. The van der Waals surface area contributed by atoms with Crippen LogP contribution in [0.25, 0.3) is 0 Å². The van der Waals surface area contributed by atoms with Gasteiger partial charge in [0.15, 0.2) is 0 Å². The summed E-state index contributed by atoms with van der Waals surface area (Å²) < 4.78 is 0. The zero-order chi connectivity index (χ0) is 18.0. The Kier molecular flexibility index (Phi) is 14.8. The molecule has 0 saturated carbocycles. The smallest absolute Gasteiger partial charge is 0.00931 e. The average Bonchev–Trinajstić information content (AvgIpc) is 2.62. The predicted octanol–water partition coefficient (Wildman–Crippen LogP) is 8.75. The van der Waals surface area contributed by atoms with Crippen molar-refractivity contribution in [2.75, 3.05) is 0 Å². The maximum absolute atomic E-state index is 2.38. The molecule has 1 aromatic carbocycles. The highest BCUT2D eigenvalue weighted by Gasteiger charge is 1.96. The van der Waals surface area contributed by atoms with Gasteiger partial charge in [-0.2, -0.15) is 0 Å². The standard InChI is InChI=1S/C25H43/c1-24(2)20-16-13-11-9-7-5-3-4-6-8-10-12-14-17-21-25-22-18-15-19-23-25/h15,18-19,21-24H,3-14,16-17,20H2,1-2H3. The van der Waals surface area contributed by atoms with E-state index in [0.29, 0.717) is 0 Å². The van der Waals surface area contributed by atoms with Crippen molar-refractivity contribution in [2.24, 2.45) is 5.92 Å². The number of hydrogen-bond acceptors (Lipinski definition) is 0. The van der Waals surface area contributed by atoms with E-state index in [1.807, 2.05) is 0 Å². The maximum Gasteiger partial charge on any atom is -0.00931 e. The van der Waals surface area contributed by atoms with E-state index < -0.39 is 0 Å². The Morgan fingerprint density at radius 1 is 0.600 bits per heavy atom. The molecule has 0 saturated heterocycles. The van der Waals surface area contributed by atoms with Crippen LogP contribution in [0.4, 0.5) is 0 Å². The zero-order valence-corrected chi connectivity index (χ0v) is 17.1. The SMILES string of the molecule is CC(C)CCCCCCCCCCCCCCC[CH]c1ccccc1. The average molecular weight is 344 g/mol. The van der Waals surface area contributed by atoms with Crippen LogP contribution in [0.5, 0.6) is 0 Å². The molecule has 0 nitrogen and oxygen atoms in total. The van der Waals surface area contributed by atoms with Crippen molar-refractivity contribution >= 4 is 0 Å². The Balaban J connectivity index is 1.71. The summed E-state index contributed by atoms with van der Waals surface area (Å²) in [5, 5.41) is 0. The van der Waals surface area contributed by atoms with Gasteiger partial charge in [-0.15, -0.1) is 0 Å². The van der Waals surface area contributed by atoms with Crippen molar-refractivity contribution in [3.05, 3.63) is 42.3 Å². The van der Waals surface area contributed by atoms with Crippen LogP contribution in [0.15, 0.2) is 30.3 Å². The van der Waals surface area contributed by atoms with Crippen molar-refractivity contribution < 1.29 is 0 Å². The van der Waals surface area contributed by atoms with E-state index in [1.165, 1.54) is 102 Å². The van der Waals surface area contributed by atoms with Gasteiger partial charge in [0.1, 0.15) is 0 Å². The largest absolute Gasteiger partial charge is 0.0628 e. The molecule has 0 aromatic heterocycles. The first-order chi connectivity index (χ1) is 12.3. The molecule has 0 aliphatic rings. The third kappa shape index (κ3) is 15.2. The minimum Gasteiger partial charge on any atom is -0.0628 e. The predicted molar refractivity (Wildman–Crippen MR) is 114 cm³/mol. The lowest BCUT2D eigenvalue weighted by Crippen LogP contribution is -1.87. The molecule has 0 aliphatic heterocycles. The summed E-state index contributed by atoms with van der Waals surface area (Å²) in [6, 6.07) is 10.7. The van der Waals surface area contributed by atoms with Crippen LogP contribution in [0.3, 0.4) is 0 Å². The molecule has 25 heavy (non-hydrogen) atoms. The van der Waals surface area contributed by atoms with Gasteiger partial charge in [-0.25, -0.2) is 0 Å². The molecular weight excluding hydrogens is 300 g/mol. The van der Waals surface area contributed by atoms with Gasteiger partial charge in [-0.1, -0.05) is 134 Å². The first kappa shape index (κ1) is 22.3. The maximum atomic E-state index is 2.38. The Labute approximate surface area is 158 Å². The van der Waals surface area contributed by atoms with Gasteiger partial charge in [0.2, 0.25) is 0 Å². The van der Waals surface area contributed by atoms with Gasteiger partial charge in [0, 0.05) is 0 Å². The quantitative estimate of drug-likeness (QED) is 0.248. The Bertz CT molecular complexity index is 365. The van der Waals surface area contributed by atoms with Crippen LogP contribution >= 0.6 is 0 Å². The molecule has 1 radical (unpaired) electrons. The molecule has 0 N–H and O–H groups in total. The second kappa shape index (κ2) is 16.7. The molecule has 0 aliphatic carbocycles. The van der Waals surface area contributed by atoms with Gasteiger partial charge in [0.25, 0.3) is 0 Å². The van der Waals surface area contributed by atoms with E-state index in [4.69, 9.17) is 0 Å². The van der Waals surface area contributed by atoms with Crippen LogP contribution < -0.4 is 0 Å². The summed E-state index contributed by atoms with van der Waals surface area (Å²) in [6.07, 6.45) is 23.8. The molecule has 0 amide bonds. The molecule has 1 aromatic rings. The minimum atomic E-state index is 0.891. The van der Waals surface area contributed by atoms with Crippen LogP contribution in [0.2, 0.25) is 0 Å². The first-order valence-corrected chi connectivity index (χ1v) is 11.2. The molecule has 0 spiro atoms. The molecule has 0 atom stereocenters. The summed E-state index contributed by atoms with van der Waals surface area (Å²) in [7, 11) is 0. The fourth-order valence-corrected chi connectivity index (χ4v) is 3.50. The van der Waals surface area contributed by atoms with Gasteiger partial charge >= 0.3 is 0 Å². The van der Waals surface area contributed by atoms with E-state index in [1.54, 1.807) is 0 Å². The van der Waals surface area contributed by atoms with Crippen LogP contribution in [0, 0.1) is 12.3 Å². The molecular formula is C25H43. The molecule has 0 bridgehead atoms. The lowest BCUT2D eigenvalue weighted by Gasteiger charge is -2.05. The van der Waals surface area contributed by atoms with Crippen molar-refractivity contribution in [2.45, 2.75) is 110 Å². The highest BCUT2D eigenvalue weighted by atomic mass is 14.0. The van der Waals surface area contributed by atoms with E-state index >= 15 is 0 Å². The van der Waals surface area contributed by atoms with Gasteiger partial charge < -0.3 is 0 Å². The van der Waals surface area contributed by atoms with Crippen molar-refractivity contribution in [1.82, 2.24) is 0 Å². The van der Waals surface area contributed by atoms with Gasteiger partial charge in [-0.05, 0) is 24.3 Å². The van der Waals surface area contributed by atoms with Crippen molar-refractivity contribution in [3.8, 4) is 0 Å². The number of hydrogen-bond donors (Lipinski definition) is 0. The van der Waals surface area contributed by atoms with E-state index in [9.17, 15) is 0 Å². The van der Waals surface area contributed by atoms with Gasteiger partial charge in [-0.3, -0.25) is 0 Å². The monoisotopic (exact) mass is 343 g/mol. The van der Waals surface area contributed by atoms with Gasteiger partial charge in [0.05, 0.1) is 0 Å². The number of benzene rings is 1. The first-order valence-electron chi connectivity index (χ1n) is 11.2. The second-order valence-electron chi connectivity index (χ2n) is 8.18. The third-order valence-electron chi connectivity index (χ3n) is 5.17. The fraction of sp³-hybridized carbons (Fsp3) is 0.720. The Morgan fingerprint density at radius 3 is 1.52 bits per heavy atom. The van der Waals surface area contributed by atoms with Crippen molar-refractivity contribution in [3.63, 3.8) is 0 Å². The Morgan fingerprint density at radius 2 is 1.04 bits per heavy atom. The topological polar surface area (TPSA) is 0 Å². The number of rotatable bonds is 17.